The SMILES string of the molecule is FC(=CC(c1ccccc1)c1ccccc1)C1=CCCCC1. The Kier molecular flexibility index (Phi) is 4.85. The maximum absolute atomic E-state index is 14.7. The van der Waals surface area contributed by atoms with E-state index in [9.17, 15) is 4.39 Å². The summed E-state index contributed by atoms with van der Waals surface area (Å²) in [5.41, 5.74) is 3.13. The molecule has 0 aliphatic heterocycles. The molecule has 0 aromatic heterocycles. The lowest BCUT2D eigenvalue weighted by atomic mass is 9.89. The molecule has 0 nitrogen and oxygen atoms in total. The number of benzene rings is 2. The quantitative estimate of drug-likeness (QED) is 0.632. The van der Waals surface area contributed by atoms with Gasteiger partial charge >= 0.3 is 0 Å². The van der Waals surface area contributed by atoms with Crippen LogP contribution in [0.5, 0.6) is 0 Å². The van der Waals surface area contributed by atoms with Crippen LogP contribution in [0.2, 0.25) is 0 Å². The minimum absolute atomic E-state index is 0.0368. The van der Waals surface area contributed by atoms with Gasteiger partial charge < -0.3 is 0 Å². The van der Waals surface area contributed by atoms with Crippen molar-refractivity contribution in [1.29, 1.82) is 0 Å². The highest BCUT2D eigenvalue weighted by molar-refractivity contribution is 5.40. The normalized spacial score (nSPS) is 15.7. The highest BCUT2D eigenvalue weighted by Crippen LogP contribution is 2.31. The van der Waals surface area contributed by atoms with Crippen LogP contribution in [0.1, 0.15) is 42.7 Å². The third-order valence-electron chi connectivity index (χ3n) is 4.23. The lowest BCUT2D eigenvalue weighted by Gasteiger charge is -2.16. The van der Waals surface area contributed by atoms with Gasteiger partial charge in [-0.2, -0.15) is 0 Å². The number of hydrogen-bond donors (Lipinski definition) is 0. The van der Waals surface area contributed by atoms with E-state index < -0.39 is 0 Å². The predicted octanol–water partition coefficient (Wildman–Crippen LogP) is 6.17. The summed E-state index contributed by atoms with van der Waals surface area (Å²) in [6, 6.07) is 20.3. The zero-order chi connectivity index (χ0) is 15.2. The smallest absolute Gasteiger partial charge is 0.123 e. The van der Waals surface area contributed by atoms with Gasteiger partial charge in [0, 0.05) is 5.92 Å². The van der Waals surface area contributed by atoms with Crippen molar-refractivity contribution in [2.24, 2.45) is 0 Å². The summed E-state index contributed by atoms with van der Waals surface area (Å²) in [7, 11) is 0. The molecule has 112 valence electrons. The van der Waals surface area contributed by atoms with E-state index in [0.717, 1.165) is 36.0 Å². The van der Waals surface area contributed by atoms with Crippen molar-refractivity contribution in [3.63, 3.8) is 0 Å². The van der Waals surface area contributed by atoms with Gasteiger partial charge in [-0.15, -0.1) is 0 Å². The average molecular weight is 292 g/mol. The van der Waals surface area contributed by atoms with E-state index in [-0.39, 0.29) is 11.7 Å². The third kappa shape index (κ3) is 3.54. The molecule has 0 saturated carbocycles. The van der Waals surface area contributed by atoms with Crippen LogP contribution in [0, 0.1) is 0 Å². The van der Waals surface area contributed by atoms with Crippen molar-refractivity contribution in [2.45, 2.75) is 31.6 Å². The van der Waals surface area contributed by atoms with Crippen molar-refractivity contribution < 1.29 is 4.39 Å². The molecule has 0 atom stereocenters. The Morgan fingerprint density at radius 2 is 1.45 bits per heavy atom. The van der Waals surface area contributed by atoms with E-state index in [4.69, 9.17) is 0 Å². The van der Waals surface area contributed by atoms with Crippen molar-refractivity contribution in [3.05, 3.63) is 95.3 Å². The highest BCUT2D eigenvalue weighted by atomic mass is 19.1. The van der Waals surface area contributed by atoms with Crippen LogP contribution < -0.4 is 0 Å². The summed E-state index contributed by atoms with van der Waals surface area (Å²) in [5.74, 6) is -0.0948. The lowest BCUT2D eigenvalue weighted by Crippen LogP contribution is -2.00. The Morgan fingerprint density at radius 1 is 0.864 bits per heavy atom. The van der Waals surface area contributed by atoms with E-state index in [0.29, 0.717) is 0 Å². The summed E-state index contributed by atoms with van der Waals surface area (Å²) in [5, 5.41) is 0. The first-order chi connectivity index (χ1) is 10.8. The Hall–Kier alpha value is -2.15. The molecule has 22 heavy (non-hydrogen) atoms. The molecule has 2 aromatic rings. The first-order valence-electron chi connectivity index (χ1n) is 8.01. The Labute approximate surface area is 132 Å². The molecular formula is C21H21F. The fourth-order valence-corrected chi connectivity index (χ4v) is 3.01. The standard InChI is InChI=1S/C21H21F/c22-21(19-14-8-3-9-15-19)16-20(17-10-4-1-5-11-17)18-12-6-2-7-13-18/h1-2,4-7,10-14,16,20H,3,8-9,15H2. The molecule has 0 spiro atoms. The second kappa shape index (κ2) is 7.22. The van der Waals surface area contributed by atoms with Crippen molar-refractivity contribution in [1.82, 2.24) is 0 Å². The number of rotatable bonds is 4. The van der Waals surface area contributed by atoms with Gasteiger partial charge in [0.05, 0.1) is 0 Å². The summed E-state index contributed by atoms with van der Waals surface area (Å²) in [6.07, 6.45) is 7.97. The Balaban J connectivity index is 1.97. The minimum Gasteiger partial charge on any atom is -0.207 e. The molecule has 0 fully saturated rings. The summed E-state index contributed by atoms with van der Waals surface area (Å²) in [6.45, 7) is 0. The van der Waals surface area contributed by atoms with Gasteiger partial charge in [-0.3, -0.25) is 0 Å². The summed E-state index contributed by atoms with van der Waals surface area (Å²) in [4.78, 5) is 0. The molecule has 0 heterocycles. The number of allylic oxidation sites excluding steroid dienone is 4. The molecule has 0 bridgehead atoms. The molecule has 0 amide bonds. The van der Waals surface area contributed by atoms with E-state index >= 15 is 0 Å². The molecule has 3 rings (SSSR count). The van der Waals surface area contributed by atoms with Gasteiger partial charge in [-0.05, 0) is 48.5 Å². The van der Waals surface area contributed by atoms with Gasteiger partial charge in [0.15, 0.2) is 0 Å². The molecule has 0 saturated heterocycles. The van der Waals surface area contributed by atoms with E-state index in [2.05, 4.69) is 30.3 Å². The van der Waals surface area contributed by atoms with Crippen LogP contribution in [0.25, 0.3) is 0 Å². The van der Waals surface area contributed by atoms with Crippen LogP contribution >= 0.6 is 0 Å². The van der Waals surface area contributed by atoms with Gasteiger partial charge in [-0.1, -0.05) is 66.7 Å². The van der Waals surface area contributed by atoms with Crippen molar-refractivity contribution in [2.75, 3.05) is 0 Å². The zero-order valence-corrected chi connectivity index (χ0v) is 12.7. The minimum atomic E-state index is -0.0580. The van der Waals surface area contributed by atoms with Gasteiger partial charge in [0.2, 0.25) is 0 Å². The highest BCUT2D eigenvalue weighted by Gasteiger charge is 2.15. The maximum Gasteiger partial charge on any atom is 0.123 e. The second-order valence-corrected chi connectivity index (χ2v) is 5.79. The molecule has 2 aromatic carbocycles. The number of hydrogen-bond acceptors (Lipinski definition) is 0. The Bertz CT molecular complexity index is 613. The van der Waals surface area contributed by atoms with Crippen molar-refractivity contribution >= 4 is 0 Å². The van der Waals surface area contributed by atoms with Crippen LogP contribution in [0.4, 0.5) is 4.39 Å². The Morgan fingerprint density at radius 3 is 1.95 bits per heavy atom. The van der Waals surface area contributed by atoms with Crippen LogP contribution in [0.3, 0.4) is 0 Å². The maximum atomic E-state index is 14.7. The van der Waals surface area contributed by atoms with Gasteiger partial charge in [0.1, 0.15) is 5.83 Å². The summed E-state index contributed by atoms with van der Waals surface area (Å²) >= 11 is 0. The van der Waals surface area contributed by atoms with Crippen molar-refractivity contribution in [3.8, 4) is 0 Å². The van der Waals surface area contributed by atoms with E-state index in [1.54, 1.807) is 6.08 Å². The molecule has 1 aliphatic rings. The topological polar surface area (TPSA) is 0 Å². The molecule has 0 radical (unpaired) electrons. The third-order valence-corrected chi connectivity index (χ3v) is 4.23. The van der Waals surface area contributed by atoms with Gasteiger partial charge in [-0.25, -0.2) is 4.39 Å². The molecule has 0 unspecified atom stereocenters. The largest absolute Gasteiger partial charge is 0.207 e. The van der Waals surface area contributed by atoms with Crippen LogP contribution in [0.15, 0.2) is 84.2 Å². The summed E-state index contributed by atoms with van der Waals surface area (Å²) < 4.78 is 14.7. The number of halogens is 1. The van der Waals surface area contributed by atoms with Crippen LogP contribution in [-0.2, 0) is 0 Å². The van der Waals surface area contributed by atoms with E-state index in [1.807, 2.05) is 36.4 Å². The fraction of sp³-hybridized carbons (Fsp3) is 0.238. The second-order valence-electron chi connectivity index (χ2n) is 5.79. The predicted molar refractivity (Wildman–Crippen MR) is 90.5 cm³/mol. The van der Waals surface area contributed by atoms with Gasteiger partial charge in [0.25, 0.3) is 0 Å². The lowest BCUT2D eigenvalue weighted by molar-refractivity contribution is 0.601. The fourth-order valence-electron chi connectivity index (χ4n) is 3.01. The van der Waals surface area contributed by atoms with Crippen LogP contribution in [-0.4, -0.2) is 0 Å². The first kappa shape index (κ1) is 14.8. The molecule has 1 aliphatic carbocycles. The molecule has 1 heteroatoms. The average Bonchev–Trinajstić information content (AvgIpc) is 2.62. The zero-order valence-electron chi connectivity index (χ0n) is 12.7. The van der Waals surface area contributed by atoms with E-state index in [1.165, 1.54) is 6.42 Å². The first-order valence-corrected chi connectivity index (χ1v) is 8.01. The monoisotopic (exact) mass is 292 g/mol. The molecule has 0 N–H and O–H groups in total. The molecular weight excluding hydrogens is 271 g/mol.